The molecule has 2 aliphatic heterocycles. The van der Waals surface area contributed by atoms with Gasteiger partial charge in [0.05, 0.1) is 16.7 Å². The Balaban J connectivity index is 0.000000172. The number of nitrogens with zero attached hydrogens (tertiary/aromatic N) is 4. The number of aromatic amines is 1. The van der Waals surface area contributed by atoms with E-state index in [-0.39, 0.29) is 0 Å². The Hall–Kier alpha value is -2.90. The maximum Gasteiger partial charge on any atom is 0.158 e. The summed E-state index contributed by atoms with van der Waals surface area (Å²) in [7, 11) is 2.03. The normalized spacial score (nSPS) is 16.0. The van der Waals surface area contributed by atoms with Crippen LogP contribution in [-0.4, -0.2) is 59.2 Å². The van der Waals surface area contributed by atoms with Gasteiger partial charge in [0.2, 0.25) is 0 Å². The van der Waals surface area contributed by atoms with E-state index in [0.717, 1.165) is 50.6 Å². The lowest BCUT2D eigenvalue weighted by Gasteiger charge is -2.27. The number of fused-ring (bicyclic) bond motifs is 2. The number of aryl methyl sites for hydroxylation is 1. The van der Waals surface area contributed by atoms with Crippen molar-refractivity contribution in [1.29, 1.82) is 0 Å². The van der Waals surface area contributed by atoms with Gasteiger partial charge in [-0.15, -0.1) is 0 Å². The van der Waals surface area contributed by atoms with Gasteiger partial charge in [-0.3, -0.25) is 9.78 Å². The fourth-order valence-corrected chi connectivity index (χ4v) is 4.71. The molecule has 6 rings (SSSR count). The van der Waals surface area contributed by atoms with Crippen LogP contribution in [0, 0.1) is 0 Å². The van der Waals surface area contributed by atoms with Crippen LogP contribution in [-0.2, 0) is 7.05 Å². The van der Waals surface area contributed by atoms with E-state index < -0.39 is 0 Å². The predicted octanol–water partition coefficient (Wildman–Crippen LogP) is 5.07. The number of rotatable bonds is 2. The highest BCUT2D eigenvalue weighted by atomic mass is 15.3. The smallest absolute Gasteiger partial charge is 0.158 e. The van der Waals surface area contributed by atoms with Crippen molar-refractivity contribution in [2.45, 2.75) is 46.5 Å². The Morgan fingerprint density at radius 2 is 1.37 bits per heavy atom. The van der Waals surface area contributed by atoms with Crippen molar-refractivity contribution in [2.24, 2.45) is 7.05 Å². The molecular formula is C28H43N7. The van der Waals surface area contributed by atoms with Gasteiger partial charge in [-0.1, -0.05) is 58.0 Å². The van der Waals surface area contributed by atoms with E-state index in [0.29, 0.717) is 5.92 Å². The fraction of sp³-hybridized carbons (Fsp3) is 0.500. The van der Waals surface area contributed by atoms with Crippen LogP contribution in [0.4, 0.5) is 5.82 Å². The average molecular weight is 478 g/mol. The molecule has 0 amide bonds. The van der Waals surface area contributed by atoms with Crippen LogP contribution in [0.3, 0.4) is 0 Å². The summed E-state index contributed by atoms with van der Waals surface area (Å²) in [6.07, 6.45) is 2.42. The van der Waals surface area contributed by atoms with E-state index in [1.54, 1.807) is 0 Å². The molecule has 4 aromatic rings. The molecule has 3 N–H and O–H groups in total. The summed E-state index contributed by atoms with van der Waals surface area (Å²) in [5.41, 5.74) is 3.65. The molecule has 0 unspecified atom stereocenters. The molecule has 0 saturated carbocycles. The maximum absolute atomic E-state index is 4.70. The number of hydrogen-bond acceptors (Lipinski definition) is 5. The van der Waals surface area contributed by atoms with Gasteiger partial charge in [0.1, 0.15) is 0 Å². The van der Waals surface area contributed by atoms with Crippen LogP contribution < -0.4 is 15.5 Å². The number of benzene rings is 2. The first-order chi connectivity index (χ1) is 17.3. The van der Waals surface area contributed by atoms with Crippen LogP contribution in [0.1, 0.15) is 52.1 Å². The zero-order chi connectivity index (χ0) is 25.0. The standard InChI is InChI=1S/C13H17N3.C11H14N4.2C2H6/c1-16-12-5-3-2-4-11(12)13(15-16)10-6-8-14-9-7-10;1-2-4-10-9(3-1)11(14-13-10)15-7-5-12-6-8-15;2*1-2/h2-5,10,14H,6-9H2,1H3;1-4,12H,5-8H2,(H,13,14);2*1-2H3. The predicted molar refractivity (Wildman–Crippen MR) is 149 cm³/mol. The van der Waals surface area contributed by atoms with Crippen molar-refractivity contribution in [2.75, 3.05) is 44.2 Å². The lowest BCUT2D eigenvalue weighted by atomic mass is 9.93. The zero-order valence-electron chi connectivity index (χ0n) is 22.1. The number of hydrogen-bond donors (Lipinski definition) is 3. The second-order valence-electron chi connectivity index (χ2n) is 8.38. The number of piperazine rings is 1. The van der Waals surface area contributed by atoms with E-state index in [9.17, 15) is 0 Å². The van der Waals surface area contributed by atoms with Gasteiger partial charge in [-0.2, -0.15) is 10.2 Å². The third kappa shape index (κ3) is 6.41. The highest BCUT2D eigenvalue weighted by molar-refractivity contribution is 5.90. The summed E-state index contributed by atoms with van der Waals surface area (Å²) in [4.78, 5) is 2.33. The van der Waals surface area contributed by atoms with Crippen LogP contribution in [0.25, 0.3) is 21.8 Å². The summed E-state index contributed by atoms with van der Waals surface area (Å²) in [6.45, 7) is 14.4. The molecule has 0 spiro atoms. The number of H-pyrrole nitrogens is 1. The molecule has 0 aliphatic carbocycles. The lowest BCUT2D eigenvalue weighted by molar-refractivity contribution is 0.452. The summed E-state index contributed by atoms with van der Waals surface area (Å²) < 4.78 is 2.01. The largest absolute Gasteiger partial charge is 0.352 e. The molecule has 2 aromatic heterocycles. The summed E-state index contributed by atoms with van der Waals surface area (Å²) >= 11 is 0. The summed E-state index contributed by atoms with van der Waals surface area (Å²) in [5, 5.41) is 21.5. The Labute approximate surface area is 210 Å². The molecule has 2 fully saturated rings. The van der Waals surface area contributed by atoms with Crippen molar-refractivity contribution in [1.82, 2.24) is 30.6 Å². The Bertz CT molecular complexity index is 1130. The van der Waals surface area contributed by atoms with E-state index >= 15 is 0 Å². The number of para-hydroxylation sites is 2. The van der Waals surface area contributed by atoms with Gasteiger partial charge >= 0.3 is 0 Å². The summed E-state index contributed by atoms with van der Waals surface area (Å²) in [5.74, 6) is 1.72. The third-order valence-corrected chi connectivity index (χ3v) is 6.38. The molecule has 2 aromatic carbocycles. The number of anilines is 1. The molecule has 7 heteroatoms. The minimum absolute atomic E-state index is 0.632. The van der Waals surface area contributed by atoms with Crippen molar-refractivity contribution >= 4 is 27.6 Å². The van der Waals surface area contributed by atoms with Crippen molar-refractivity contribution < 1.29 is 0 Å². The second kappa shape index (κ2) is 13.9. The third-order valence-electron chi connectivity index (χ3n) is 6.38. The lowest BCUT2D eigenvalue weighted by Crippen LogP contribution is -2.43. The van der Waals surface area contributed by atoms with Crippen LogP contribution in [0.15, 0.2) is 48.5 Å². The van der Waals surface area contributed by atoms with Gasteiger partial charge < -0.3 is 15.5 Å². The van der Waals surface area contributed by atoms with Crippen LogP contribution in [0.2, 0.25) is 0 Å². The molecule has 7 nitrogen and oxygen atoms in total. The SMILES string of the molecule is CC.CC.Cn1nc(C2CCNCC2)c2ccccc21.c1ccc2c(N3CCNCC3)n[nH]c2c1. The first kappa shape index (κ1) is 26.7. The van der Waals surface area contributed by atoms with Crippen molar-refractivity contribution in [3.05, 3.63) is 54.2 Å². The van der Waals surface area contributed by atoms with Crippen LogP contribution in [0.5, 0.6) is 0 Å². The van der Waals surface area contributed by atoms with E-state index in [1.165, 1.54) is 34.8 Å². The van der Waals surface area contributed by atoms with E-state index in [2.05, 4.69) is 68.2 Å². The number of piperidine rings is 1. The Kier molecular flexibility index (Phi) is 10.6. The van der Waals surface area contributed by atoms with Crippen LogP contribution >= 0.6 is 0 Å². The molecule has 2 aliphatic rings. The van der Waals surface area contributed by atoms with Gasteiger partial charge in [-0.05, 0) is 44.1 Å². The van der Waals surface area contributed by atoms with Gasteiger partial charge in [0.25, 0.3) is 0 Å². The molecule has 2 saturated heterocycles. The van der Waals surface area contributed by atoms with E-state index in [4.69, 9.17) is 5.10 Å². The number of nitrogens with one attached hydrogen (secondary N) is 3. The fourth-order valence-electron chi connectivity index (χ4n) is 4.71. The molecule has 0 radical (unpaired) electrons. The van der Waals surface area contributed by atoms with Crippen molar-refractivity contribution in [3.63, 3.8) is 0 Å². The maximum atomic E-state index is 4.70. The monoisotopic (exact) mass is 477 g/mol. The second-order valence-corrected chi connectivity index (χ2v) is 8.38. The molecular weight excluding hydrogens is 434 g/mol. The molecule has 0 bridgehead atoms. The number of aromatic nitrogens is 4. The highest BCUT2D eigenvalue weighted by Gasteiger charge is 2.20. The molecule has 0 atom stereocenters. The Morgan fingerprint density at radius 3 is 2.09 bits per heavy atom. The van der Waals surface area contributed by atoms with Gasteiger partial charge in [0.15, 0.2) is 5.82 Å². The minimum atomic E-state index is 0.632. The van der Waals surface area contributed by atoms with Crippen molar-refractivity contribution in [3.8, 4) is 0 Å². The summed E-state index contributed by atoms with van der Waals surface area (Å²) in [6, 6.07) is 16.8. The average Bonchev–Trinajstić information content (AvgIpc) is 3.54. The first-order valence-corrected chi connectivity index (χ1v) is 13.3. The highest BCUT2D eigenvalue weighted by Crippen LogP contribution is 2.30. The Morgan fingerprint density at radius 1 is 0.771 bits per heavy atom. The van der Waals surface area contributed by atoms with E-state index in [1.807, 2.05) is 45.5 Å². The first-order valence-electron chi connectivity index (χ1n) is 13.3. The molecule has 35 heavy (non-hydrogen) atoms. The molecule has 4 heterocycles. The zero-order valence-corrected chi connectivity index (χ0v) is 22.1. The quantitative estimate of drug-likeness (QED) is 0.376. The van der Waals surface area contributed by atoms with Gasteiger partial charge in [0, 0.05) is 49.9 Å². The van der Waals surface area contributed by atoms with Gasteiger partial charge in [-0.25, -0.2) is 0 Å². The topological polar surface area (TPSA) is 73.8 Å². The molecule has 190 valence electrons. The minimum Gasteiger partial charge on any atom is -0.352 e.